The zero-order valence-electron chi connectivity index (χ0n) is 20.6. The molecular weight excluding hydrogens is 430 g/mol. The van der Waals surface area contributed by atoms with Gasteiger partial charge in [0.25, 0.3) is 5.91 Å². The summed E-state index contributed by atoms with van der Waals surface area (Å²) in [6.45, 7) is 8.58. The monoisotopic (exact) mass is 465 g/mol. The minimum atomic E-state index is -0.880. The van der Waals surface area contributed by atoms with E-state index in [9.17, 15) is 14.4 Å². The van der Waals surface area contributed by atoms with Gasteiger partial charge in [-0.3, -0.25) is 14.5 Å². The Bertz CT molecular complexity index is 1080. The van der Waals surface area contributed by atoms with Gasteiger partial charge in [0.2, 0.25) is 5.91 Å². The Labute approximate surface area is 201 Å². The van der Waals surface area contributed by atoms with Crippen molar-refractivity contribution in [1.82, 2.24) is 25.3 Å². The molecule has 8 heteroatoms. The van der Waals surface area contributed by atoms with Crippen LogP contribution in [0, 0.1) is 18.3 Å². The lowest BCUT2D eigenvalue weighted by Gasteiger charge is -2.43. The normalized spacial score (nSPS) is 23.9. The molecule has 2 atom stereocenters. The molecule has 2 fully saturated rings. The van der Waals surface area contributed by atoms with Gasteiger partial charge in [0, 0.05) is 12.7 Å². The molecule has 8 nitrogen and oxygen atoms in total. The van der Waals surface area contributed by atoms with Crippen LogP contribution < -0.4 is 10.6 Å². The molecule has 1 saturated heterocycles. The first-order valence-electron chi connectivity index (χ1n) is 12.1. The SMILES string of the molecule is Cc1nn(-c2ccccc2)cc1CCCNC(=O)CN1C(=O)NC2(CC(C)CC(C)(C)C2)C1=O. The first-order chi connectivity index (χ1) is 16.1. The van der Waals surface area contributed by atoms with Crippen LogP contribution in [0.4, 0.5) is 4.79 Å². The van der Waals surface area contributed by atoms with Crippen LogP contribution in [0.25, 0.3) is 5.69 Å². The molecule has 2 unspecified atom stereocenters. The topological polar surface area (TPSA) is 96.3 Å². The van der Waals surface area contributed by atoms with Gasteiger partial charge in [-0.1, -0.05) is 39.0 Å². The molecule has 1 aromatic heterocycles. The lowest BCUT2D eigenvalue weighted by Crippen LogP contribution is -2.54. The summed E-state index contributed by atoms with van der Waals surface area (Å²) in [5.41, 5.74) is 2.18. The molecule has 1 aliphatic carbocycles. The van der Waals surface area contributed by atoms with Crippen LogP contribution in [-0.4, -0.2) is 51.2 Å². The van der Waals surface area contributed by atoms with Gasteiger partial charge in [-0.25, -0.2) is 9.48 Å². The third kappa shape index (κ3) is 5.00. The molecule has 4 amide bonds. The van der Waals surface area contributed by atoms with Crippen molar-refractivity contribution in [2.45, 2.75) is 65.3 Å². The van der Waals surface area contributed by atoms with E-state index in [1.54, 1.807) is 0 Å². The van der Waals surface area contributed by atoms with Crippen molar-refractivity contribution in [2.75, 3.05) is 13.1 Å². The zero-order valence-corrected chi connectivity index (χ0v) is 20.6. The summed E-state index contributed by atoms with van der Waals surface area (Å²) in [5.74, 6) is -0.256. The van der Waals surface area contributed by atoms with Crippen LogP contribution in [0.3, 0.4) is 0 Å². The maximum absolute atomic E-state index is 13.2. The molecule has 1 aliphatic heterocycles. The Morgan fingerprint density at radius 3 is 2.65 bits per heavy atom. The average molecular weight is 466 g/mol. The first-order valence-corrected chi connectivity index (χ1v) is 12.1. The summed E-state index contributed by atoms with van der Waals surface area (Å²) in [4.78, 5) is 39.4. The minimum absolute atomic E-state index is 0.0364. The summed E-state index contributed by atoms with van der Waals surface area (Å²) in [7, 11) is 0. The Morgan fingerprint density at radius 2 is 1.94 bits per heavy atom. The third-order valence-corrected chi connectivity index (χ3v) is 6.89. The van der Waals surface area contributed by atoms with Crippen molar-refractivity contribution in [3.05, 3.63) is 47.8 Å². The number of para-hydroxylation sites is 1. The molecule has 2 N–H and O–H groups in total. The van der Waals surface area contributed by atoms with Gasteiger partial charge in [-0.15, -0.1) is 0 Å². The number of aryl methyl sites for hydroxylation is 2. The fourth-order valence-electron chi connectivity index (χ4n) is 5.81. The molecule has 2 aromatic rings. The van der Waals surface area contributed by atoms with E-state index in [1.807, 2.05) is 48.1 Å². The fraction of sp³-hybridized carbons (Fsp3) is 0.538. The Hall–Kier alpha value is -3.16. The van der Waals surface area contributed by atoms with Crippen molar-refractivity contribution in [2.24, 2.45) is 11.3 Å². The highest BCUT2D eigenvalue weighted by Gasteiger charge is 2.56. The number of nitrogens with zero attached hydrogens (tertiary/aromatic N) is 3. The number of imide groups is 1. The number of nitrogens with one attached hydrogen (secondary N) is 2. The molecule has 182 valence electrons. The fourth-order valence-corrected chi connectivity index (χ4v) is 5.81. The lowest BCUT2D eigenvalue weighted by molar-refractivity contribution is -0.137. The quantitative estimate of drug-likeness (QED) is 0.484. The van der Waals surface area contributed by atoms with Gasteiger partial charge < -0.3 is 10.6 Å². The van der Waals surface area contributed by atoms with E-state index < -0.39 is 11.6 Å². The highest BCUT2D eigenvalue weighted by Crippen LogP contribution is 2.46. The highest BCUT2D eigenvalue weighted by molar-refractivity contribution is 6.09. The number of rotatable bonds is 7. The molecule has 4 rings (SSSR count). The van der Waals surface area contributed by atoms with Crippen molar-refractivity contribution in [1.29, 1.82) is 0 Å². The van der Waals surface area contributed by atoms with Gasteiger partial charge in [-0.05, 0) is 68.1 Å². The molecule has 2 heterocycles. The number of benzene rings is 1. The van der Waals surface area contributed by atoms with Gasteiger partial charge >= 0.3 is 6.03 Å². The molecule has 2 aliphatic rings. The van der Waals surface area contributed by atoms with Gasteiger partial charge in [-0.2, -0.15) is 5.10 Å². The smallest absolute Gasteiger partial charge is 0.325 e. The summed E-state index contributed by atoms with van der Waals surface area (Å²) in [6, 6.07) is 9.47. The predicted molar refractivity (Wildman–Crippen MR) is 129 cm³/mol. The van der Waals surface area contributed by atoms with Crippen LogP contribution >= 0.6 is 0 Å². The molecular formula is C26H35N5O3. The van der Waals surface area contributed by atoms with Crippen LogP contribution in [0.1, 0.15) is 57.7 Å². The summed E-state index contributed by atoms with van der Waals surface area (Å²) >= 11 is 0. The molecule has 34 heavy (non-hydrogen) atoms. The van der Waals surface area contributed by atoms with E-state index in [0.717, 1.165) is 41.1 Å². The van der Waals surface area contributed by atoms with Gasteiger partial charge in [0.05, 0.1) is 11.4 Å². The molecule has 1 aromatic carbocycles. The Balaban J connectivity index is 1.27. The van der Waals surface area contributed by atoms with Crippen LogP contribution in [-0.2, 0) is 16.0 Å². The minimum Gasteiger partial charge on any atom is -0.355 e. The standard InChI is InChI=1S/C26H35N5O3/c1-18-13-25(3,4)17-26(14-18)23(33)30(24(34)28-26)16-22(32)27-12-8-9-20-15-31(29-19(20)2)21-10-6-5-7-11-21/h5-7,10-11,15,18H,8-9,12-14,16-17H2,1-4H3,(H,27,32)(H,28,34). The second kappa shape index (κ2) is 9.24. The van der Waals surface area contributed by atoms with E-state index in [4.69, 9.17) is 0 Å². The number of hydrogen-bond donors (Lipinski definition) is 2. The second-order valence-corrected chi connectivity index (χ2v) is 10.7. The predicted octanol–water partition coefficient (Wildman–Crippen LogP) is 3.37. The number of amides is 4. The Kier molecular flexibility index (Phi) is 6.51. The number of hydrogen-bond acceptors (Lipinski definition) is 4. The van der Waals surface area contributed by atoms with Crippen molar-refractivity contribution >= 4 is 17.8 Å². The number of urea groups is 1. The summed E-state index contributed by atoms with van der Waals surface area (Å²) in [5, 5.41) is 10.4. The van der Waals surface area contributed by atoms with Crippen LogP contribution in [0.2, 0.25) is 0 Å². The summed E-state index contributed by atoms with van der Waals surface area (Å²) < 4.78 is 1.87. The van der Waals surface area contributed by atoms with Crippen LogP contribution in [0.5, 0.6) is 0 Å². The van der Waals surface area contributed by atoms with E-state index in [2.05, 4.69) is 36.5 Å². The van der Waals surface area contributed by atoms with Crippen molar-refractivity contribution in [3.8, 4) is 5.69 Å². The van der Waals surface area contributed by atoms with E-state index in [1.165, 1.54) is 0 Å². The van der Waals surface area contributed by atoms with Crippen molar-refractivity contribution < 1.29 is 14.4 Å². The number of carbonyl (C=O) groups is 3. The number of carbonyl (C=O) groups excluding carboxylic acids is 3. The zero-order chi connectivity index (χ0) is 24.5. The highest BCUT2D eigenvalue weighted by atomic mass is 16.2. The average Bonchev–Trinajstić information content (AvgIpc) is 3.23. The molecule has 0 radical (unpaired) electrons. The third-order valence-electron chi connectivity index (χ3n) is 6.89. The maximum Gasteiger partial charge on any atom is 0.325 e. The molecule has 0 bridgehead atoms. The van der Waals surface area contributed by atoms with E-state index in [-0.39, 0.29) is 23.8 Å². The molecule has 1 spiro atoms. The largest absolute Gasteiger partial charge is 0.355 e. The van der Waals surface area contributed by atoms with E-state index >= 15 is 0 Å². The molecule has 1 saturated carbocycles. The lowest BCUT2D eigenvalue weighted by atomic mass is 9.64. The Morgan fingerprint density at radius 1 is 1.21 bits per heavy atom. The van der Waals surface area contributed by atoms with E-state index in [0.29, 0.717) is 25.3 Å². The first kappa shape index (κ1) is 24.0. The van der Waals surface area contributed by atoms with Crippen LogP contribution in [0.15, 0.2) is 36.5 Å². The van der Waals surface area contributed by atoms with Gasteiger partial charge in [0.1, 0.15) is 12.1 Å². The van der Waals surface area contributed by atoms with Gasteiger partial charge in [0.15, 0.2) is 0 Å². The number of aromatic nitrogens is 2. The maximum atomic E-state index is 13.2. The second-order valence-electron chi connectivity index (χ2n) is 10.7. The summed E-state index contributed by atoms with van der Waals surface area (Å²) in [6.07, 6.45) is 5.77. The van der Waals surface area contributed by atoms with Crippen molar-refractivity contribution in [3.63, 3.8) is 0 Å².